The van der Waals surface area contributed by atoms with Gasteiger partial charge in [-0.1, -0.05) is 0 Å². The second-order valence-electron chi connectivity index (χ2n) is 6.01. The van der Waals surface area contributed by atoms with Crippen molar-refractivity contribution in [3.05, 3.63) is 18.3 Å². The van der Waals surface area contributed by atoms with Gasteiger partial charge in [0.05, 0.1) is 6.10 Å². The Kier molecular flexibility index (Phi) is 2.92. The predicted molar refractivity (Wildman–Crippen MR) is 72.9 cm³/mol. The summed E-state index contributed by atoms with van der Waals surface area (Å²) in [5, 5.41) is 3.51. The van der Waals surface area contributed by atoms with Crippen LogP contribution in [0.5, 0.6) is 5.75 Å². The van der Waals surface area contributed by atoms with E-state index in [1.165, 1.54) is 25.7 Å². The van der Waals surface area contributed by atoms with Crippen LogP contribution in [0.25, 0.3) is 0 Å². The van der Waals surface area contributed by atoms with Crippen LogP contribution < -0.4 is 10.1 Å². The third-order valence-electron chi connectivity index (χ3n) is 4.08. The predicted octanol–water partition coefficient (Wildman–Crippen LogP) is 3.47. The third kappa shape index (κ3) is 2.45. The van der Waals surface area contributed by atoms with E-state index in [4.69, 9.17) is 4.74 Å². The topological polar surface area (TPSA) is 34.1 Å². The number of rotatable bonds is 6. The molecule has 0 atom stereocenters. The smallest absolute Gasteiger partial charge is 0.168 e. The van der Waals surface area contributed by atoms with Crippen LogP contribution in [0.2, 0.25) is 0 Å². The van der Waals surface area contributed by atoms with Crippen molar-refractivity contribution in [2.75, 3.05) is 11.9 Å². The summed E-state index contributed by atoms with van der Waals surface area (Å²) in [6.45, 7) is 5.15. The number of nitrogens with zero attached hydrogens (tertiary/aromatic N) is 1. The Balaban J connectivity index is 1.64. The first-order valence-corrected chi connectivity index (χ1v) is 7.05. The highest BCUT2D eigenvalue weighted by Gasteiger charge is 2.53. The molecule has 2 aliphatic rings. The fourth-order valence-corrected chi connectivity index (χ4v) is 2.72. The Morgan fingerprint density at radius 3 is 2.83 bits per heavy atom. The van der Waals surface area contributed by atoms with Crippen LogP contribution in [0, 0.1) is 11.3 Å². The minimum atomic E-state index is 0.188. The summed E-state index contributed by atoms with van der Waals surface area (Å²) in [5.41, 5.74) is 0.590. The molecule has 0 saturated heterocycles. The highest BCUT2D eigenvalue weighted by molar-refractivity contribution is 5.50. The van der Waals surface area contributed by atoms with Crippen molar-refractivity contribution in [1.82, 2.24) is 4.98 Å². The highest BCUT2D eigenvalue weighted by Crippen LogP contribution is 2.61. The van der Waals surface area contributed by atoms with Gasteiger partial charge in [0, 0.05) is 12.7 Å². The van der Waals surface area contributed by atoms with Crippen molar-refractivity contribution in [3.8, 4) is 5.75 Å². The van der Waals surface area contributed by atoms with Crippen LogP contribution in [0.15, 0.2) is 18.3 Å². The number of nitrogens with one attached hydrogen (secondary N) is 1. The summed E-state index contributed by atoms with van der Waals surface area (Å²) in [4.78, 5) is 4.41. The van der Waals surface area contributed by atoms with Crippen molar-refractivity contribution in [2.45, 2.75) is 45.6 Å². The Labute approximate surface area is 109 Å². The second-order valence-corrected chi connectivity index (χ2v) is 6.01. The van der Waals surface area contributed by atoms with Gasteiger partial charge in [0.1, 0.15) is 0 Å². The molecule has 0 spiro atoms. The summed E-state index contributed by atoms with van der Waals surface area (Å²) in [6.07, 6.45) is 7.65. The fourth-order valence-electron chi connectivity index (χ4n) is 2.72. The van der Waals surface area contributed by atoms with Gasteiger partial charge >= 0.3 is 0 Å². The van der Waals surface area contributed by atoms with Crippen LogP contribution in [-0.2, 0) is 0 Å². The number of aromatic nitrogens is 1. The average Bonchev–Trinajstić information content (AvgIpc) is 3.20. The Hall–Kier alpha value is -1.25. The van der Waals surface area contributed by atoms with E-state index >= 15 is 0 Å². The van der Waals surface area contributed by atoms with E-state index < -0.39 is 0 Å². The molecule has 2 saturated carbocycles. The number of ether oxygens (including phenoxy) is 1. The molecule has 0 radical (unpaired) electrons. The van der Waals surface area contributed by atoms with Crippen molar-refractivity contribution in [1.29, 1.82) is 0 Å². The first kappa shape index (κ1) is 11.8. The molecule has 3 nitrogen and oxygen atoms in total. The molecule has 1 aromatic rings. The summed E-state index contributed by atoms with van der Waals surface area (Å²) < 4.78 is 5.78. The van der Waals surface area contributed by atoms with Gasteiger partial charge in [-0.2, -0.15) is 0 Å². The maximum atomic E-state index is 5.78. The van der Waals surface area contributed by atoms with Crippen LogP contribution >= 0.6 is 0 Å². The van der Waals surface area contributed by atoms with Gasteiger partial charge in [-0.25, -0.2) is 4.98 Å². The molecule has 1 aromatic heterocycles. The molecular formula is C15H22N2O. The fraction of sp³-hybridized carbons (Fsp3) is 0.667. The minimum Gasteiger partial charge on any atom is -0.487 e. The maximum Gasteiger partial charge on any atom is 0.168 e. The van der Waals surface area contributed by atoms with Crippen molar-refractivity contribution >= 4 is 5.82 Å². The summed E-state index contributed by atoms with van der Waals surface area (Å²) in [5.74, 6) is 2.75. The van der Waals surface area contributed by atoms with Crippen molar-refractivity contribution in [3.63, 3.8) is 0 Å². The standard InChI is InChI=1S/C15H22N2O/c1-11(2)18-13-4-3-9-16-14(13)17-10-15(7-8-15)12-5-6-12/h3-4,9,11-12H,5-8,10H2,1-2H3,(H,16,17). The van der Waals surface area contributed by atoms with E-state index in [9.17, 15) is 0 Å². The second kappa shape index (κ2) is 4.45. The van der Waals surface area contributed by atoms with E-state index in [1.54, 1.807) is 0 Å². The summed E-state index contributed by atoms with van der Waals surface area (Å²) in [7, 11) is 0. The van der Waals surface area contributed by atoms with Gasteiger partial charge in [0.2, 0.25) is 0 Å². The first-order chi connectivity index (χ1) is 8.70. The van der Waals surface area contributed by atoms with Crippen molar-refractivity contribution < 1.29 is 4.74 Å². The zero-order chi connectivity index (χ0) is 12.6. The molecule has 0 unspecified atom stereocenters. The number of hydrogen-bond acceptors (Lipinski definition) is 3. The lowest BCUT2D eigenvalue weighted by molar-refractivity contribution is 0.242. The van der Waals surface area contributed by atoms with Crippen LogP contribution in [0.1, 0.15) is 39.5 Å². The lowest BCUT2D eigenvalue weighted by Gasteiger charge is -2.18. The Bertz CT molecular complexity index is 422. The van der Waals surface area contributed by atoms with Gasteiger partial charge in [0.25, 0.3) is 0 Å². The van der Waals surface area contributed by atoms with Gasteiger partial charge < -0.3 is 10.1 Å². The average molecular weight is 246 g/mol. The van der Waals surface area contributed by atoms with Crippen molar-refractivity contribution in [2.24, 2.45) is 11.3 Å². The molecule has 0 bridgehead atoms. The zero-order valence-corrected chi connectivity index (χ0v) is 11.3. The first-order valence-electron chi connectivity index (χ1n) is 7.05. The quantitative estimate of drug-likeness (QED) is 0.834. The molecule has 98 valence electrons. The minimum absolute atomic E-state index is 0.188. The Morgan fingerprint density at radius 2 is 2.22 bits per heavy atom. The van der Waals surface area contributed by atoms with Gasteiger partial charge in [-0.15, -0.1) is 0 Å². The summed E-state index contributed by atoms with van der Waals surface area (Å²) in [6, 6.07) is 3.92. The highest BCUT2D eigenvalue weighted by atomic mass is 16.5. The molecular weight excluding hydrogens is 224 g/mol. The summed E-state index contributed by atoms with van der Waals surface area (Å²) >= 11 is 0. The molecule has 0 aromatic carbocycles. The normalized spacial score (nSPS) is 20.8. The van der Waals surface area contributed by atoms with Crippen LogP contribution in [0.4, 0.5) is 5.82 Å². The van der Waals surface area contributed by atoms with E-state index in [1.807, 2.05) is 32.2 Å². The third-order valence-corrected chi connectivity index (χ3v) is 4.08. The molecule has 1 heterocycles. The van der Waals surface area contributed by atoms with Crippen LogP contribution in [-0.4, -0.2) is 17.6 Å². The number of anilines is 1. The van der Waals surface area contributed by atoms with E-state index in [0.717, 1.165) is 24.0 Å². The molecule has 2 aliphatic carbocycles. The molecule has 1 N–H and O–H groups in total. The SMILES string of the molecule is CC(C)Oc1cccnc1NCC1(C2CC2)CC1. The molecule has 0 aliphatic heterocycles. The number of pyridine rings is 1. The Morgan fingerprint density at radius 1 is 1.44 bits per heavy atom. The lowest BCUT2D eigenvalue weighted by atomic mass is 10.0. The molecule has 18 heavy (non-hydrogen) atoms. The molecule has 3 heteroatoms. The van der Waals surface area contributed by atoms with Gasteiger partial charge in [0.15, 0.2) is 11.6 Å². The zero-order valence-electron chi connectivity index (χ0n) is 11.3. The van der Waals surface area contributed by atoms with Gasteiger partial charge in [-0.3, -0.25) is 0 Å². The molecule has 2 fully saturated rings. The largest absolute Gasteiger partial charge is 0.487 e. The lowest BCUT2D eigenvalue weighted by Crippen LogP contribution is -2.19. The van der Waals surface area contributed by atoms with E-state index in [-0.39, 0.29) is 6.10 Å². The monoisotopic (exact) mass is 246 g/mol. The number of hydrogen-bond donors (Lipinski definition) is 1. The molecule has 0 amide bonds. The maximum absolute atomic E-state index is 5.78. The van der Waals surface area contributed by atoms with Crippen LogP contribution in [0.3, 0.4) is 0 Å². The van der Waals surface area contributed by atoms with Gasteiger partial charge in [-0.05, 0) is 63.0 Å². The van der Waals surface area contributed by atoms with E-state index in [2.05, 4.69) is 10.3 Å². The van der Waals surface area contributed by atoms with E-state index in [0.29, 0.717) is 5.41 Å². The molecule has 3 rings (SSSR count).